The molecule has 1 heterocycles. The Labute approximate surface area is 139 Å². The van der Waals surface area contributed by atoms with Crippen molar-refractivity contribution in [2.75, 3.05) is 26.2 Å². The van der Waals surface area contributed by atoms with Crippen LogP contribution in [0.25, 0.3) is 0 Å². The van der Waals surface area contributed by atoms with Crippen LogP contribution in [0.4, 0.5) is 0 Å². The van der Waals surface area contributed by atoms with Crippen molar-refractivity contribution in [3.05, 3.63) is 34.3 Å². The number of benzene rings is 1. The van der Waals surface area contributed by atoms with Gasteiger partial charge in [0.2, 0.25) is 0 Å². The molecule has 21 heavy (non-hydrogen) atoms. The lowest BCUT2D eigenvalue weighted by Crippen LogP contribution is -2.59. The lowest BCUT2D eigenvalue weighted by Gasteiger charge is -2.43. The van der Waals surface area contributed by atoms with Crippen LogP contribution in [-0.4, -0.2) is 52.4 Å². The highest BCUT2D eigenvalue weighted by Crippen LogP contribution is 2.19. The van der Waals surface area contributed by atoms with E-state index in [2.05, 4.69) is 20.8 Å². The largest absolute Gasteiger partial charge is 0.392 e. The predicted molar refractivity (Wildman–Crippen MR) is 92.5 cm³/mol. The van der Waals surface area contributed by atoms with Crippen molar-refractivity contribution >= 4 is 39.0 Å². The second-order valence-corrected chi connectivity index (χ2v) is 7.06. The molecule has 2 rings (SSSR count). The molecule has 1 aliphatic heterocycles. The topological polar surface area (TPSA) is 49.6 Å². The Morgan fingerprint density at radius 3 is 2.19 bits per heavy atom. The van der Waals surface area contributed by atoms with Crippen molar-refractivity contribution in [1.29, 1.82) is 0 Å². The first-order valence-corrected chi connectivity index (χ1v) is 8.12. The van der Waals surface area contributed by atoms with E-state index in [-0.39, 0.29) is 11.4 Å². The van der Waals surface area contributed by atoms with Gasteiger partial charge >= 0.3 is 0 Å². The SMILES string of the molecule is CC(C)(C(N)=S)N1CCN(C(=O)c2ccc(Br)cc2)CC1. The third-order valence-electron chi connectivity index (χ3n) is 4.05. The second-order valence-electron chi connectivity index (χ2n) is 5.71. The van der Waals surface area contributed by atoms with Gasteiger partial charge in [-0.15, -0.1) is 0 Å². The molecule has 0 aliphatic carbocycles. The number of rotatable bonds is 3. The highest BCUT2D eigenvalue weighted by molar-refractivity contribution is 9.10. The fourth-order valence-electron chi connectivity index (χ4n) is 2.40. The van der Waals surface area contributed by atoms with Gasteiger partial charge in [0, 0.05) is 36.2 Å². The van der Waals surface area contributed by atoms with E-state index in [0.29, 0.717) is 18.1 Å². The van der Waals surface area contributed by atoms with Crippen LogP contribution in [0.15, 0.2) is 28.7 Å². The molecule has 1 amide bonds. The van der Waals surface area contributed by atoms with Crippen molar-refractivity contribution in [3.63, 3.8) is 0 Å². The molecule has 114 valence electrons. The van der Waals surface area contributed by atoms with Crippen molar-refractivity contribution in [1.82, 2.24) is 9.80 Å². The second kappa shape index (κ2) is 6.42. The first-order valence-electron chi connectivity index (χ1n) is 6.92. The van der Waals surface area contributed by atoms with Gasteiger partial charge in [-0.2, -0.15) is 0 Å². The molecule has 0 radical (unpaired) electrons. The van der Waals surface area contributed by atoms with Crippen LogP contribution in [0.2, 0.25) is 0 Å². The lowest BCUT2D eigenvalue weighted by atomic mass is 10.0. The average Bonchev–Trinajstić information content (AvgIpc) is 2.47. The minimum absolute atomic E-state index is 0.0790. The van der Waals surface area contributed by atoms with Crippen LogP contribution < -0.4 is 5.73 Å². The average molecular weight is 370 g/mol. The number of halogens is 1. The summed E-state index contributed by atoms with van der Waals surface area (Å²) in [5, 5.41) is 0. The van der Waals surface area contributed by atoms with Crippen LogP contribution >= 0.6 is 28.1 Å². The molecular formula is C15H20BrN3OS. The Morgan fingerprint density at radius 2 is 1.71 bits per heavy atom. The van der Waals surface area contributed by atoms with Gasteiger partial charge < -0.3 is 10.6 Å². The third-order valence-corrected chi connectivity index (χ3v) is 5.08. The van der Waals surface area contributed by atoms with E-state index in [0.717, 1.165) is 23.1 Å². The molecule has 1 saturated heterocycles. The van der Waals surface area contributed by atoms with Crippen LogP contribution in [0, 0.1) is 0 Å². The fraction of sp³-hybridized carbons (Fsp3) is 0.467. The van der Waals surface area contributed by atoms with Gasteiger partial charge in [0.05, 0.1) is 10.5 Å². The monoisotopic (exact) mass is 369 g/mol. The summed E-state index contributed by atoms with van der Waals surface area (Å²) in [7, 11) is 0. The van der Waals surface area contributed by atoms with Crippen molar-refractivity contribution in [3.8, 4) is 0 Å². The van der Waals surface area contributed by atoms with Gasteiger partial charge in [0.1, 0.15) is 0 Å². The number of thiocarbonyl (C=S) groups is 1. The molecule has 0 saturated carbocycles. The van der Waals surface area contributed by atoms with E-state index in [1.54, 1.807) is 0 Å². The minimum Gasteiger partial charge on any atom is -0.392 e. The van der Waals surface area contributed by atoms with E-state index < -0.39 is 0 Å². The number of hydrogen-bond acceptors (Lipinski definition) is 3. The van der Waals surface area contributed by atoms with Crippen LogP contribution in [0.1, 0.15) is 24.2 Å². The quantitative estimate of drug-likeness (QED) is 0.830. The molecule has 0 aromatic heterocycles. The van der Waals surface area contributed by atoms with Crippen LogP contribution in [0.3, 0.4) is 0 Å². The van der Waals surface area contributed by atoms with Gasteiger partial charge in [-0.05, 0) is 38.1 Å². The summed E-state index contributed by atoms with van der Waals surface area (Å²) in [5.41, 5.74) is 6.22. The Balaban J connectivity index is 1.99. The summed E-state index contributed by atoms with van der Waals surface area (Å²) in [4.78, 5) is 17.1. The molecule has 4 nitrogen and oxygen atoms in total. The van der Waals surface area contributed by atoms with Crippen LogP contribution in [0.5, 0.6) is 0 Å². The summed E-state index contributed by atoms with van der Waals surface area (Å²) in [5.74, 6) is 0.0790. The molecule has 1 aromatic rings. The molecule has 6 heteroatoms. The van der Waals surface area contributed by atoms with Crippen LogP contribution in [-0.2, 0) is 0 Å². The molecule has 1 fully saturated rings. The van der Waals surface area contributed by atoms with Crippen molar-refractivity contribution in [2.24, 2.45) is 5.73 Å². The van der Waals surface area contributed by atoms with E-state index in [9.17, 15) is 4.79 Å². The van der Waals surface area contributed by atoms with E-state index >= 15 is 0 Å². The molecule has 2 N–H and O–H groups in total. The lowest BCUT2D eigenvalue weighted by molar-refractivity contribution is 0.0539. The molecule has 1 aliphatic rings. The van der Waals surface area contributed by atoms with E-state index in [1.165, 1.54) is 0 Å². The van der Waals surface area contributed by atoms with Crippen molar-refractivity contribution < 1.29 is 4.79 Å². The molecule has 1 aromatic carbocycles. The summed E-state index contributed by atoms with van der Waals surface area (Å²) in [6.45, 7) is 7.02. The molecule has 0 atom stereocenters. The number of nitrogens with two attached hydrogens (primary N) is 1. The number of carbonyl (C=O) groups is 1. The van der Waals surface area contributed by atoms with E-state index in [1.807, 2.05) is 43.0 Å². The zero-order valence-electron chi connectivity index (χ0n) is 12.3. The predicted octanol–water partition coefficient (Wildman–Crippen LogP) is 2.27. The number of piperazine rings is 1. The number of amides is 1. The molecule has 0 unspecified atom stereocenters. The maximum atomic E-state index is 12.4. The Hall–Kier alpha value is -0.980. The fourth-order valence-corrected chi connectivity index (χ4v) is 2.79. The summed E-state index contributed by atoms with van der Waals surface area (Å²) in [6, 6.07) is 7.47. The maximum absolute atomic E-state index is 12.4. The Kier molecular flexibility index (Phi) is 5.01. The van der Waals surface area contributed by atoms with Gasteiger partial charge in [-0.1, -0.05) is 28.1 Å². The summed E-state index contributed by atoms with van der Waals surface area (Å²) < 4.78 is 0.974. The molecule has 0 bridgehead atoms. The number of nitrogens with zero attached hydrogens (tertiary/aromatic N) is 2. The zero-order chi connectivity index (χ0) is 15.6. The Morgan fingerprint density at radius 1 is 1.19 bits per heavy atom. The molecule has 0 spiro atoms. The standard InChI is InChI=1S/C15H20BrN3OS/c1-15(2,14(17)21)19-9-7-18(8-10-19)13(20)11-3-5-12(16)6-4-11/h3-6H,7-10H2,1-2H3,(H2,17,21). The van der Waals surface area contributed by atoms with Gasteiger partial charge in [0.25, 0.3) is 5.91 Å². The third kappa shape index (κ3) is 3.62. The number of hydrogen-bond donors (Lipinski definition) is 1. The summed E-state index contributed by atoms with van der Waals surface area (Å²) in [6.07, 6.45) is 0. The number of carbonyl (C=O) groups excluding carboxylic acids is 1. The first kappa shape index (κ1) is 16.4. The highest BCUT2D eigenvalue weighted by Gasteiger charge is 2.33. The Bertz CT molecular complexity index is 536. The molecular weight excluding hydrogens is 350 g/mol. The summed E-state index contributed by atoms with van der Waals surface area (Å²) >= 11 is 8.51. The van der Waals surface area contributed by atoms with Gasteiger partial charge in [-0.25, -0.2) is 0 Å². The zero-order valence-corrected chi connectivity index (χ0v) is 14.7. The maximum Gasteiger partial charge on any atom is 0.253 e. The first-order chi connectivity index (χ1) is 9.82. The van der Waals surface area contributed by atoms with Crippen molar-refractivity contribution in [2.45, 2.75) is 19.4 Å². The van der Waals surface area contributed by atoms with Gasteiger partial charge in [-0.3, -0.25) is 9.69 Å². The van der Waals surface area contributed by atoms with Gasteiger partial charge in [0.15, 0.2) is 0 Å². The highest BCUT2D eigenvalue weighted by atomic mass is 79.9. The normalized spacial score (nSPS) is 16.8. The smallest absolute Gasteiger partial charge is 0.253 e. The van der Waals surface area contributed by atoms with E-state index in [4.69, 9.17) is 18.0 Å². The minimum atomic E-state index is -0.303.